The molecule has 2 rings (SSSR count). The molecule has 2 nitrogen and oxygen atoms in total. The molecule has 1 unspecified atom stereocenters. The number of nitrogens with two attached hydrogens (primary N) is 1. The Morgan fingerprint density at radius 2 is 2.00 bits per heavy atom. The van der Waals surface area contributed by atoms with Gasteiger partial charge in [-0.1, -0.05) is 39.7 Å². The van der Waals surface area contributed by atoms with Crippen molar-refractivity contribution in [3.63, 3.8) is 0 Å². The summed E-state index contributed by atoms with van der Waals surface area (Å²) in [6, 6.07) is 13.6. The molecule has 0 aliphatic heterocycles. The normalized spacial score (nSPS) is 13.8. The summed E-state index contributed by atoms with van der Waals surface area (Å²) in [4.78, 5) is 0. The Hall–Kier alpha value is -1.03. The topological polar surface area (TPSA) is 35.2 Å². The minimum Gasteiger partial charge on any atom is -0.496 e. The van der Waals surface area contributed by atoms with E-state index in [2.05, 4.69) is 15.9 Å². The molecule has 0 bridgehead atoms. The van der Waals surface area contributed by atoms with Crippen LogP contribution in [-0.4, -0.2) is 7.11 Å². The van der Waals surface area contributed by atoms with Crippen molar-refractivity contribution in [2.75, 3.05) is 7.11 Å². The fourth-order valence-corrected chi connectivity index (χ4v) is 2.83. The highest BCUT2D eigenvalue weighted by molar-refractivity contribution is 9.10. The zero-order valence-electron chi connectivity index (χ0n) is 11.5. The highest BCUT2D eigenvalue weighted by Crippen LogP contribution is 2.30. The molecule has 0 amide bonds. The lowest BCUT2D eigenvalue weighted by atomic mass is 9.86. The Kier molecular flexibility index (Phi) is 4.74. The third kappa shape index (κ3) is 3.54. The first-order valence-corrected chi connectivity index (χ1v) is 7.47. The van der Waals surface area contributed by atoms with E-state index in [1.54, 1.807) is 7.11 Å². The Balaban J connectivity index is 2.35. The van der Waals surface area contributed by atoms with Gasteiger partial charge in [0.25, 0.3) is 0 Å². The summed E-state index contributed by atoms with van der Waals surface area (Å²) >= 11 is 9.53. The molecule has 0 saturated carbocycles. The molecule has 0 fully saturated rings. The number of hydrogen-bond donors (Lipinski definition) is 1. The van der Waals surface area contributed by atoms with E-state index < -0.39 is 5.54 Å². The molecule has 0 radical (unpaired) electrons. The summed E-state index contributed by atoms with van der Waals surface area (Å²) in [5.74, 6) is 0.840. The van der Waals surface area contributed by atoms with Crippen LogP contribution in [-0.2, 0) is 12.0 Å². The molecule has 0 heterocycles. The van der Waals surface area contributed by atoms with Crippen LogP contribution in [0.4, 0.5) is 0 Å². The number of ether oxygens (including phenoxy) is 1. The Labute approximate surface area is 133 Å². The molecule has 20 heavy (non-hydrogen) atoms. The lowest BCUT2D eigenvalue weighted by Crippen LogP contribution is -2.35. The van der Waals surface area contributed by atoms with E-state index in [4.69, 9.17) is 22.1 Å². The average molecular weight is 355 g/mol. The Morgan fingerprint density at radius 3 is 2.65 bits per heavy atom. The fraction of sp³-hybridized carbons (Fsp3) is 0.250. The van der Waals surface area contributed by atoms with Crippen LogP contribution < -0.4 is 10.5 Å². The van der Waals surface area contributed by atoms with Crippen molar-refractivity contribution >= 4 is 27.5 Å². The largest absolute Gasteiger partial charge is 0.496 e. The van der Waals surface area contributed by atoms with Crippen LogP contribution in [0.25, 0.3) is 0 Å². The molecule has 0 saturated heterocycles. The average Bonchev–Trinajstić information content (AvgIpc) is 2.38. The number of halogens is 2. The van der Waals surface area contributed by atoms with Crippen molar-refractivity contribution in [3.8, 4) is 5.75 Å². The van der Waals surface area contributed by atoms with Crippen molar-refractivity contribution in [3.05, 3.63) is 63.1 Å². The number of methoxy groups -OCH3 is 1. The molecular formula is C16H17BrClNO. The van der Waals surface area contributed by atoms with Gasteiger partial charge in [-0.15, -0.1) is 0 Å². The van der Waals surface area contributed by atoms with Gasteiger partial charge in [-0.05, 0) is 54.8 Å². The van der Waals surface area contributed by atoms with Crippen molar-refractivity contribution in [1.82, 2.24) is 0 Å². The third-order valence-electron chi connectivity index (χ3n) is 3.28. The van der Waals surface area contributed by atoms with Gasteiger partial charge in [0.2, 0.25) is 0 Å². The first kappa shape index (κ1) is 15.4. The molecule has 106 valence electrons. The van der Waals surface area contributed by atoms with Crippen molar-refractivity contribution in [2.24, 2.45) is 5.73 Å². The molecule has 4 heteroatoms. The maximum absolute atomic E-state index is 6.48. The zero-order valence-corrected chi connectivity index (χ0v) is 13.8. The van der Waals surface area contributed by atoms with Gasteiger partial charge < -0.3 is 10.5 Å². The van der Waals surface area contributed by atoms with E-state index in [1.165, 1.54) is 0 Å². The molecule has 0 spiro atoms. The fourth-order valence-electron chi connectivity index (χ4n) is 2.23. The van der Waals surface area contributed by atoms with Crippen molar-refractivity contribution in [2.45, 2.75) is 18.9 Å². The molecule has 0 aromatic heterocycles. The smallest absolute Gasteiger partial charge is 0.122 e. The highest BCUT2D eigenvalue weighted by Gasteiger charge is 2.23. The van der Waals surface area contributed by atoms with Crippen LogP contribution in [0.1, 0.15) is 18.1 Å². The second-order valence-corrected chi connectivity index (χ2v) is 6.41. The van der Waals surface area contributed by atoms with Gasteiger partial charge in [0, 0.05) is 15.0 Å². The monoisotopic (exact) mass is 353 g/mol. The lowest BCUT2D eigenvalue weighted by molar-refractivity contribution is 0.399. The number of benzene rings is 2. The SMILES string of the molecule is COc1ccc(Br)cc1CC(C)(N)c1cccc(Cl)c1. The van der Waals surface area contributed by atoms with Gasteiger partial charge >= 0.3 is 0 Å². The lowest BCUT2D eigenvalue weighted by Gasteiger charge is -2.26. The quantitative estimate of drug-likeness (QED) is 0.875. The summed E-state index contributed by atoms with van der Waals surface area (Å²) in [6.45, 7) is 2.00. The Morgan fingerprint density at radius 1 is 1.25 bits per heavy atom. The molecule has 2 N–H and O–H groups in total. The van der Waals surface area contributed by atoms with Gasteiger partial charge in [-0.25, -0.2) is 0 Å². The van der Waals surface area contributed by atoms with E-state index >= 15 is 0 Å². The molecular weight excluding hydrogens is 338 g/mol. The summed E-state index contributed by atoms with van der Waals surface area (Å²) in [5, 5.41) is 0.695. The molecule has 0 aliphatic rings. The Bertz CT molecular complexity index is 613. The van der Waals surface area contributed by atoms with Crippen LogP contribution in [0, 0.1) is 0 Å². The van der Waals surface area contributed by atoms with Crippen LogP contribution in [0.15, 0.2) is 46.9 Å². The predicted octanol–water partition coefficient (Wildman–Crippen LogP) is 4.53. The second-order valence-electron chi connectivity index (χ2n) is 5.06. The summed E-state index contributed by atoms with van der Waals surface area (Å²) in [5.41, 5.74) is 8.04. The number of hydrogen-bond acceptors (Lipinski definition) is 2. The predicted molar refractivity (Wildman–Crippen MR) is 87.4 cm³/mol. The van der Waals surface area contributed by atoms with Gasteiger partial charge in [0.15, 0.2) is 0 Å². The maximum atomic E-state index is 6.48. The summed E-state index contributed by atoms with van der Waals surface area (Å²) in [7, 11) is 1.67. The van der Waals surface area contributed by atoms with E-state index in [-0.39, 0.29) is 0 Å². The third-order valence-corrected chi connectivity index (χ3v) is 4.01. The minimum absolute atomic E-state index is 0.515. The van der Waals surface area contributed by atoms with Crippen LogP contribution in [0.2, 0.25) is 5.02 Å². The first-order valence-electron chi connectivity index (χ1n) is 6.30. The summed E-state index contributed by atoms with van der Waals surface area (Å²) < 4.78 is 6.41. The van der Waals surface area contributed by atoms with Crippen molar-refractivity contribution in [1.29, 1.82) is 0 Å². The van der Waals surface area contributed by atoms with Gasteiger partial charge in [0.05, 0.1) is 7.11 Å². The van der Waals surface area contributed by atoms with Gasteiger partial charge in [-0.3, -0.25) is 0 Å². The van der Waals surface area contributed by atoms with Gasteiger partial charge in [-0.2, -0.15) is 0 Å². The number of rotatable bonds is 4. The zero-order chi connectivity index (χ0) is 14.8. The second kappa shape index (κ2) is 6.17. The molecule has 0 aliphatic carbocycles. The van der Waals surface area contributed by atoms with E-state index in [0.29, 0.717) is 11.4 Å². The first-order chi connectivity index (χ1) is 9.42. The van der Waals surface area contributed by atoms with Crippen molar-refractivity contribution < 1.29 is 4.74 Å². The van der Waals surface area contributed by atoms with E-state index in [1.807, 2.05) is 49.4 Å². The van der Waals surface area contributed by atoms with E-state index in [0.717, 1.165) is 21.3 Å². The van der Waals surface area contributed by atoms with Gasteiger partial charge in [0.1, 0.15) is 5.75 Å². The molecule has 2 aromatic carbocycles. The minimum atomic E-state index is -0.515. The van der Waals surface area contributed by atoms with Crippen LogP contribution >= 0.6 is 27.5 Å². The van der Waals surface area contributed by atoms with Crippen LogP contribution in [0.3, 0.4) is 0 Å². The van der Waals surface area contributed by atoms with Crippen LogP contribution in [0.5, 0.6) is 5.75 Å². The summed E-state index contributed by atoms with van der Waals surface area (Å²) in [6.07, 6.45) is 0.663. The standard InChI is InChI=1S/C16H17BrClNO/c1-16(19,12-4-3-5-14(18)9-12)10-11-8-13(17)6-7-15(11)20-2/h3-9H,10,19H2,1-2H3. The molecule has 1 atom stereocenters. The highest BCUT2D eigenvalue weighted by atomic mass is 79.9. The molecule has 2 aromatic rings. The maximum Gasteiger partial charge on any atom is 0.122 e. The van der Waals surface area contributed by atoms with E-state index in [9.17, 15) is 0 Å².